The maximum Gasteiger partial charge on any atom is 0.269 e. The first-order chi connectivity index (χ1) is 16.2. The molecule has 3 aliphatic heterocycles. The summed E-state index contributed by atoms with van der Waals surface area (Å²) in [6.07, 6.45) is 8.36. The Labute approximate surface area is 205 Å². The van der Waals surface area contributed by atoms with Crippen LogP contribution in [0.2, 0.25) is 0 Å². The number of carbonyl (C=O) groups excluding carboxylic acids is 1. The van der Waals surface area contributed by atoms with Crippen LogP contribution >= 0.6 is 0 Å². The van der Waals surface area contributed by atoms with Gasteiger partial charge in [0, 0.05) is 66.5 Å². The third-order valence-electron chi connectivity index (χ3n) is 6.01. The molecular weight excluding hydrogens is 428 g/mol. The molecule has 9 nitrogen and oxygen atoms in total. The van der Waals surface area contributed by atoms with Crippen LogP contribution in [0.3, 0.4) is 0 Å². The molecule has 3 heterocycles. The van der Waals surface area contributed by atoms with Gasteiger partial charge in [0.2, 0.25) is 0 Å². The summed E-state index contributed by atoms with van der Waals surface area (Å²) in [4.78, 5) is 28.7. The van der Waals surface area contributed by atoms with Crippen LogP contribution in [-0.4, -0.2) is 117 Å². The number of amides is 1. The molecule has 0 radical (unpaired) electrons. The highest BCUT2D eigenvalue weighted by molar-refractivity contribution is 6.04. The summed E-state index contributed by atoms with van der Waals surface area (Å²) in [5, 5.41) is 0. The zero-order valence-corrected chi connectivity index (χ0v) is 21.6. The quantitative estimate of drug-likeness (QED) is 0.455. The first kappa shape index (κ1) is 27.6. The number of likely N-dealkylation sites (tertiary alicyclic amines) is 1. The smallest absolute Gasteiger partial charge is 0.269 e. The Kier molecular flexibility index (Phi) is 11.3. The average molecular weight is 473 g/mol. The Bertz CT molecular complexity index is 821. The van der Waals surface area contributed by atoms with Gasteiger partial charge in [-0.2, -0.15) is 0 Å². The summed E-state index contributed by atoms with van der Waals surface area (Å²) in [5.41, 5.74) is 15.8. The van der Waals surface area contributed by atoms with E-state index in [9.17, 15) is 4.79 Å². The van der Waals surface area contributed by atoms with Crippen LogP contribution in [0.15, 0.2) is 45.8 Å². The van der Waals surface area contributed by atoms with Crippen molar-refractivity contribution in [2.75, 3.05) is 80.5 Å². The number of rotatable bonds is 5. The molecule has 0 unspecified atom stereocenters. The third-order valence-corrected chi connectivity index (χ3v) is 6.01. The van der Waals surface area contributed by atoms with Crippen LogP contribution in [-0.2, 0) is 4.79 Å². The van der Waals surface area contributed by atoms with Gasteiger partial charge >= 0.3 is 0 Å². The Hall–Kier alpha value is -2.65. The molecule has 0 atom stereocenters. The van der Waals surface area contributed by atoms with Gasteiger partial charge in [-0.3, -0.25) is 14.8 Å². The molecule has 0 aromatic rings. The van der Waals surface area contributed by atoms with Gasteiger partial charge in [-0.25, -0.2) is 0 Å². The summed E-state index contributed by atoms with van der Waals surface area (Å²) >= 11 is 0. The second kappa shape index (κ2) is 13.9. The molecule has 0 aliphatic carbocycles. The summed E-state index contributed by atoms with van der Waals surface area (Å²) in [6, 6.07) is 0. The predicted octanol–water partition coefficient (Wildman–Crippen LogP) is 0.909. The van der Waals surface area contributed by atoms with Crippen molar-refractivity contribution >= 4 is 17.3 Å². The van der Waals surface area contributed by atoms with Gasteiger partial charge in [0.1, 0.15) is 0 Å². The molecule has 1 fully saturated rings. The maximum absolute atomic E-state index is 11.5. The van der Waals surface area contributed by atoms with E-state index in [1.165, 1.54) is 17.7 Å². The lowest BCUT2D eigenvalue weighted by Gasteiger charge is -2.21. The molecule has 9 heteroatoms. The van der Waals surface area contributed by atoms with E-state index >= 15 is 0 Å². The van der Waals surface area contributed by atoms with Gasteiger partial charge in [-0.05, 0) is 51.9 Å². The van der Waals surface area contributed by atoms with E-state index in [1.807, 2.05) is 13.1 Å². The maximum atomic E-state index is 11.5. The van der Waals surface area contributed by atoms with Crippen LogP contribution < -0.4 is 11.5 Å². The highest BCUT2D eigenvalue weighted by Gasteiger charge is 2.16. The Morgan fingerprint density at radius 3 is 1.79 bits per heavy atom. The molecule has 4 N–H and O–H groups in total. The molecule has 190 valence electrons. The number of nitrogens with zero attached hydrogens (tertiary/aromatic N) is 6. The van der Waals surface area contributed by atoms with E-state index in [2.05, 4.69) is 38.3 Å². The van der Waals surface area contributed by atoms with Gasteiger partial charge in [-0.15, -0.1) is 0 Å². The standard InChI is InChI=1S/C14H24N4.C11H20N4O/c1-12(18-8-3-4-9-18)14(15)10-13-11-17(2)7-5-6-16-13;1-14(2)11(16)10(12)7-9-8-15(3)6-4-5-13-9/h10H,1,3-9,11,15H2,2H3;7H,4-6,8,12H2,1-3H3/b14-10-;10-7-. The van der Waals surface area contributed by atoms with Crippen LogP contribution in [0.5, 0.6) is 0 Å². The van der Waals surface area contributed by atoms with Crippen molar-refractivity contribution in [3.63, 3.8) is 0 Å². The number of likely N-dealkylation sites (N-methyl/N-ethyl adjacent to an activating group) is 1. The predicted molar refractivity (Wildman–Crippen MR) is 142 cm³/mol. The van der Waals surface area contributed by atoms with Crippen LogP contribution in [0, 0.1) is 0 Å². The Morgan fingerprint density at radius 2 is 1.32 bits per heavy atom. The van der Waals surface area contributed by atoms with E-state index < -0.39 is 0 Å². The van der Waals surface area contributed by atoms with Crippen molar-refractivity contribution in [3.05, 3.63) is 35.8 Å². The van der Waals surface area contributed by atoms with Crippen molar-refractivity contribution in [1.29, 1.82) is 0 Å². The molecule has 0 aromatic carbocycles. The van der Waals surface area contributed by atoms with E-state index in [0.717, 1.165) is 88.0 Å². The highest BCUT2D eigenvalue weighted by Crippen LogP contribution is 2.17. The second-order valence-corrected chi connectivity index (χ2v) is 9.47. The molecule has 1 amide bonds. The molecule has 34 heavy (non-hydrogen) atoms. The average Bonchev–Trinajstić information content (AvgIpc) is 3.15. The van der Waals surface area contributed by atoms with Crippen molar-refractivity contribution < 1.29 is 4.79 Å². The lowest BCUT2D eigenvalue weighted by atomic mass is 10.2. The summed E-state index contributed by atoms with van der Waals surface area (Å²) < 4.78 is 0. The molecule has 0 aromatic heterocycles. The zero-order chi connectivity index (χ0) is 25.1. The lowest BCUT2D eigenvalue weighted by Crippen LogP contribution is -2.29. The number of nitrogens with two attached hydrogens (primary N) is 2. The van der Waals surface area contributed by atoms with Crippen LogP contribution in [0.25, 0.3) is 0 Å². The molecule has 1 saturated heterocycles. The number of aliphatic imine (C=N–C) groups is 2. The van der Waals surface area contributed by atoms with Crippen molar-refractivity contribution in [3.8, 4) is 0 Å². The van der Waals surface area contributed by atoms with Crippen molar-refractivity contribution in [2.45, 2.75) is 25.7 Å². The normalized spacial score (nSPS) is 21.0. The largest absolute Gasteiger partial charge is 0.397 e. The van der Waals surface area contributed by atoms with Gasteiger partial charge in [0.15, 0.2) is 0 Å². The first-order valence-electron chi connectivity index (χ1n) is 12.2. The molecule has 3 rings (SSSR count). The van der Waals surface area contributed by atoms with E-state index in [0.29, 0.717) is 0 Å². The fraction of sp³-hybridized carbons (Fsp3) is 0.640. The second-order valence-electron chi connectivity index (χ2n) is 9.47. The van der Waals surface area contributed by atoms with Gasteiger partial charge in [0.25, 0.3) is 5.91 Å². The minimum Gasteiger partial charge on any atom is -0.397 e. The molecule has 0 bridgehead atoms. The topological polar surface area (TPSA) is 107 Å². The lowest BCUT2D eigenvalue weighted by molar-refractivity contribution is -0.124. The summed E-state index contributed by atoms with van der Waals surface area (Å²) in [7, 11) is 7.53. The minimum absolute atomic E-state index is 0.172. The SMILES string of the molecule is C=C(/C(N)=C/C1=NCCCN(C)C1)N1CCCC1.CN1CCCN=C(/C=C(\N)C(=O)N(C)C)C1. The van der Waals surface area contributed by atoms with Crippen LogP contribution in [0.1, 0.15) is 25.7 Å². The van der Waals surface area contributed by atoms with Crippen LogP contribution in [0.4, 0.5) is 0 Å². The number of hydrogen-bond acceptors (Lipinski definition) is 8. The van der Waals surface area contributed by atoms with Gasteiger partial charge in [0.05, 0.1) is 28.5 Å². The van der Waals surface area contributed by atoms with E-state index in [4.69, 9.17) is 11.5 Å². The fourth-order valence-electron chi connectivity index (χ4n) is 4.05. The monoisotopic (exact) mass is 472 g/mol. The summed E-state index contributed by atoms with van der Waals surface area (Å²) in [6.45, 7) is 11.8. The van der Waals surface area contributed by atoms with E-state index in [-0.39, 0.29) is 11.6 Å². The van der Waals surface area contributed by atoms with Crippen molar-refractivity contribution in [1.82, 2.24) is 19.6 Å². The number of hydrogen-bond donors (Lipinski definition) is 2. The van der Waals surface area contributed by atoms with Gasteiger partial charge < -0.3 is 31.1 Å². The minimum atomic E-state index is -0.172. The summed E-state index contributed by atoms with van der Waals surface area (Å²) in [5.74, 6) is -0.172. The van der Waals surface area contributed by atoms with Crippen molar-refractivity contribution in [2.24, 2.45) is 21.5 Å². The van der Waals surface area contributed by atoms with E-state index in [1.54, 1.807) is 20.2 Å². The number of carbonyl (C=O) groups is 1. The molecule has 0 saturated carbocycles. The third kappa shape index (κ3) is 9.30. The molecular formula is C25H44N8O. The Balaban J connectivity index is 0.000000242. The Morgan fingerprint density at radius 1 is 0.853 bits per heavy atom. The van der Waals surface area contributed by atoms with Gasteiger partial charge in [-0.1, -0.05) is 6.58 Å². The first-order valence-corrected chi connectivity index (χ1v) is 12.2. The fourth-order valence-corrected chi connectivity index (χ4v) is 4.05. The highest BCUT2D eigenvalue weighted by atomic mass is 16.2. The zero-order valence-electron chi connectivity index (χ0n) is 21.6. The molecule has 3 aliphatic rings. The molecule has 0 spiro atoms.